The van der Waals surface area contributed by atoms with Crippen molar-refractivity contribution in [2.24, 2.45) is 5.92 Å². The number of hydrogen-bond acceptors (Lipinski definition) is 3. The van der Waals surface area contributed by atoms with Crippen LogP contribution in [0.4, 0.5) is 4.39 Å². The van der Waals surface area contributed by atoms with Crippen LogP contribution in [0.2, 0.25) is 0 Å². The Bertz CT molecular complexity index is 807. The molecule has 0 bridgehead atoms. The maximum Gasteiger partial charge on any atom is 0.224 e. The molecule has 1 heterocycles. The second-order valence-electron chi connectivity index (χ2n) is 8.41. The number of likely N-dealkylation sites (tertiary alicyclic amines) is 1. The highest BCUT2D eigenvalue weighted by Gasteiger charge is 2.25. The molecule has 4 nitrogen and oxygen atoms in total. The fraction of sp³-hybridized carbons (Fsp3) is 0.480. The van der Waals surface area contributed by atoms with E-state index in [1.807, 2.05) is 38.1 Å². The lowest BCUT2D eigenvalue weighted by Gasteiger charge is -2.32. The molecule has 0 aromatic heterocycles. The Morgan fingerprint density at radius 3 is 2.77 bits per heavy atom. The number of amides is 1. The number of piperidine rings is 1. The second kappa shape index (κ2) is 11.1. The van der Waals surface area contributed by atoms with Crippen molar-refractivity contribution in [1.82, 2.24) is 10.2 Å². The van der Waals surface area contributed by atoms with E-state index in [9.17, 15) is 9.18 Å². The molecule has 162 valence electrons. The van der Waals surface area contributed by atoms with Crippen LogP contribution < -0.4 is 10.1 Å². The summed E-state index contributed by atoms with van der Waals surface area (Å²) in [6.45, 7) is 7.23. The third kappa shape index (κ3) is 7.13. The number of hydrogen-bond donors (Lipinski definition) is 1. The number of rotatable bonds is 9. The van der Waals surface area contributed by atoms with Crippen molar-refractivity contribution in [3.05, 3.63) is 65.5 Å². The minimum atomic E-state index is -0.214. The lowest BCUT2D eigenvalue weighted by molar-refractivity contribution is -0.126. The van der Waals surface area contributed by atoms with E-state index in [0.717, 1.165) is 56.6 Å². The fourth-order valence-electron chi connectivity index (χ4n) is 3.96. The van der Waals surface area contributed by atoms with Gasteiger partial charge in [0.2, 0.25) is 5.91 Å². The Balaban J connectivity index is 1.39. The number of benzene rings is 2. The summed E-state index contributed by atoms with van der Waals surface area (Å²) in [6.07, 6.45) is 3.93. The van der Waals surface area contributed by atoms with Gasteiger partial charge in [0.05, 0.1) is 12.0 Å². The zero-order valence-electron chi connectivity index (χ0n) is 18.1. The Morgan fingerprint density at radius 2 is 2.00 bits per heavy atom. The smallest absolute Gasteiger partial charge is 0.224 e. The lowest BCUT2D eigenvalue weighted by Crippen LogP contribution is -2.42. The minimum Gasteiger partial charge on any atom is -0.491 e. The van der Waals surface area contributed by atoms with Gasteiger partial charge in [-0.15, -0.1) is 0 Å². The van der Waals surface area contributed by atoms with Crippen LogP contribution in [0.3, 0.4) is 0 Å². The average Bonchev–Trinajstić information content (AvgIpc) is 2.73. The van der Waals surface area contributed by atoms with E-state index < -0.39 is 0 Å². The molecule has 1 N–H and O–H groups in total. The summed E-state index contributed by atoms with van der Waals surface area (Å²) in [4.78, 5) is 14.9. The molecule has 1 fully saturated rings. The molecule has 1 aliphatic heterocycles. The summed E-state index contributed by atoms with van der Waals surface area (Å²) in [5.74, 6) is 0.862. The van der Waals surface area contributed by atoms with Crippen LogP contribution in [0.25, 0.3) is 0 Å². The normalized spacial score (nSPS) is 17.1. The van der Waals surface area contributed by atoms with E-state index >= 15 is 0 Å². The molecule has 2 aromatic rings. The first-order valence-electron chi connectivity index (χ1n) is 11.0. The molecule has 0 spiro atoms. The van der Waals surface area contributed by atoms with E-state index in [2.05, 4.69) is 22.3 Å². The monoisotopic (exact) mass is 412 g/mol. The van der Waals surface area contributed by atoms with E-state index in [1.165, 1.54) is 17.7 Å². The van der Waals surface area contributed by atoms with Gasteiger partial charge in [-0.2, -0.15) is 0 Å². The van der Waals surface area contributed by atoms with Gasteiger partial charge >= 0.3 is 0 Å². The number of carbonyl (C=O) groups is 1. The topological polar surface area (TPSA) is 41.6 Å². The van der Waals surface area contributed by atoms with Gasteiger partial charge in [-0.3, -0.25) is 9.69 Å². The Morgan fingerprint density at radius 1 is 1.20 bits per heavy atom. The van der Waals surface area contributed by atoms with Crippen molar-refractivity contribution in [1.29, 1.82) is 0 Å². The molecule has 0 saturated carbocycles. The first kappa shape index (κ1) is 22.3. The predicted octanol–water partition coefficient (Wildman–Crippen LogP) is 4.57. The van der Waals surface area contributed by atoms with Gasteiger partial charge in [-0.05, 0) is 81.5 Å². The lowest BCUT2D eigenvalue weighted by atomic mass is 9.96. The molecule has 0 radical (unpaired) electrons. The van der Waals surface area contributed by atoms with Gasteiger partial charge in [0.1, 0.15) is 11.6 Å². The third-order valence-corrected chi connectivity index (χ3v) is 5.41. The highest BCUT2D eigenvalue weighted by atomic mass is 19.1. The number of nitrogens with zero attached hydrogens (tertiary/aromatic N) is 1. The Labute approximate surface area is 179 Å². The molecular weight excluding hydrogens is 379 g/mol. The van der Waals surface area contributed by atoms with Crippen LogP contribution in [0, 0.1) is 11.7 Å². The van der Waals surface area contributed by atoms with Crippen LogP contribution >= 0.6 is 0 Å². The summed E-state index contributed by atoms with van der Waals surface area (Å²) >= 11 is 0. The number of aryl methyl sites for hydroxylation is 1. The predicted molar refractivity (Wildman–Crippen MR) is 118 cm³/mol. The van der Waals surface area contributed by atoms with E-state index in [0.29, 0.717) is 6.54 Å². The summed E-state index contributed by atoms with van der Waals surface area (Å²) in [5.41, 5.74) is 2.31. The minimum absolute atomic E-state index is 0.0296. The molecule has 30 heavy (non-hydrogen) atoms. The van der Waals surface area contributed by atoms with E-state index in [-0.39, 0.29) is 23.7 Å². The Kier molecular flexibility index (Phi) is 8.26. The molecule has 1 aliphatic rings. The summed E-state index contributed by atoms with van der Waals surface area (Å²) in [5, 5.41) is 3.11. The zero-order valence-corrected chi connectivity index (χ0v) is 18.1. The number of ether oxygens (including phenoxy) is 1. The molecule has 1 saturated heterocycles. The van der Waals surface area contributed by atoms with Crippen LogP contribution in [-0.2, 0) is 17.8 Å². The van der Waals surface area contributed by atoms with Gasteiger partial charge in [-0.1, -0.05) is 24.3 Å². The van der Waals surface area contributed by atoms with Crippen LogP contribution in [0.15, 0.2) is 48.5 Å². The standard InChI is InChI=1S/C25H33FN2O2/c1-19(2)30-24-9-3-6-20(16-24)7-4-14-27-25(29)22-8-5-15-28(18-22)17-21-10-12-23(26)13-11-21/h3,6,9-13,16,19,22H,4-5,7-8,14-15,17-18H2,1-2H3,(H,27,29). The maximum atomic E-state index is 13.1. The van der Waals surface area contributed by atoms with E-state index in [1.54, 1.807) is 0 Å². The van der Waals surface area contributed by atoms with Crippen molar-refractivity contribution in [3.63, 3.8) is 0 Å². The van der Waals surface area contributed by atoms with Crippen LogP contribution in [0.1, 0.15) is 44.2 Å². The van der Waals surface area contributed by atoms with Gasteiger partial charge in [-0.25, -0.2) is 4.39 Å². The largest absolute Gasteiger partial charge is 0.491 e. The van der Waals surface area contributed by atoms with Crippen molar-refractivity contribution < 1.29 is 13.9 Å². The average molecular weight is 413 g/mol. The van der Waals surface area contributed by atoms with Gasteiger partial charge in [0.15, 0.2) is 0 Å². The van der Waals surface area contributed by atoms with Crippen molar-refractivity contribution in [2.75, 3.05) is 19.6 Å². The van der Waals surface area contributed by atoms with Gasteiger partial charge in [0, 0.05) is 19.6 Å². The summed E-state index contributed by atoms with van der Waals surface area (Å²) in [6, 6.07) is 14.8. The summed E-state index contributed by atoms with van der Waals surface area (Å²) in [7, 11) is 0. The molecule has 2 aromatic carbocycles. The van der Waals surface area contributed by atoms with Gasteiger partial charge < -0.3 is 10.1 Å². The van der Waals surface area contributed by atoms with Crippen molar-refractivity contribution in [3.8, 4) is 5.75 Å². The highest BCUT2D eigenvalue weighted by molar-refractivity contribution is 5.78. The molecule has 0 aliphatic carbocycles. The molecule has 3 rings (SSSR count). The zero-order chi connectivity index (χ0) is 21.3. The molecule has 1 atom stereocenters. The Hall–Kier alpha value is -2.40. The quantitative estimate of drug-likeness (QED) is 0.613. The molecule has 1 unspecified atom stereocenters. The van der Waals surface area contributed by atoms with Crippen molar-refractivity contribution >= 4 is 5.91 Å². The van der Waals surface area contributed by atoms with Crippen LogP contribution in [-0.4, -0.2) is 36.5 Å². The molecule has 5 heteroatoms. The molecule has 1 amide bonds. The van der Waals surface area contributed by atoms with E-state index in [4.69, 9.17) is 4.74 Å². The number of halogens is 1. The SMILES string of the molecule is CC(C)Oc1cccc(CCCNC(=O)C2CCCN(Cc3ccc(F)cc3)C2)c1. The highest BCUT2D eigenvalue weighted by Crippen LogP contribution is 2.19. The first-order chi connectivity index (χ1) is 14.5. The second-order valence-corrected chi connectivity index (χ2v) is 8.41. The van der Waals surface area contributed by atoms with Crippen LogP contribution in [0.5, 0.6) is 5.75 Å². The number of carbonyl (C=O) groups excluding carboxylic acids is 1. The maximum absolute atomic E-state index is 13.1. The van der Waals surface area contributed by atoms with Crippen molar-refractivity contribution in [2.45, 2.75) is 52.2 Å². The van der Waals surface area contributed by atoms with Gasteiger partial charge in [0.25, 0.3) is 0 Å². The summed E-state index contributed by atoms with van der Waals surface area (Å²) < 4.78 is 18.8. The molecular formula is C25H33FN2O2. The number of nitrogens with one attached hydrogen (secondary N) is 1. The first-order valence-corrected chi connectivity index (χ1v) is 11.0. The third-order valence-electron chi connectivity index (χ3n) is 5.41. The fourth-order valence-corrected chi connectivity index (χ4v) is 3.96.